The van der Waals surface area contributed by atoms with E-state index in [9.17, 15) is 4.79 Å². The minimum Gasteiger partial charge on any atom is -0.397 e. The second kappa shape index (κ2) is 11.1. The summed E-state index contributed by atoms with van der Waals surface area (Å²) in [6.45, 7) is 5.87. The second-order valence-electron chi connectivity index (χ2n) is 5.48. The molecule has 130 valence electrons. The van der Waals surface area contributed by atoms with Gasteiger partial charge >= 0.3 is 0 Å². The van der Waals surface area contributed by atoms with Gasteiger partial charge in [0.25, 0.3) is 5.91 Å². The first-order chi connectivity index (χ1) is 11.6. The summed E-state index contributed by atoms with van der Waals surface area (Å²) in [6, 6.07) is 7.41. The highest BCUT2D eigenvalue weighted by Gasteiger charge is 2.08. The first-order valence-corrected chi connectivity index (χ1v) is 8.17. The molecule has 0 saturated heterocycles. The zero-order valence-corrected chi connectivity index (χ0v) is 14.4. The zero-order chi connectivity index (χ0) is 17.8. The number of nitrogens with zero attached hydrogens (tertiary/aromatic N) is 1. The third-order valence-electron chi connectivity index (χ3n) is 3.34. The van der Waals surface area contributed by atoms with Crippen molar-refractivity contribution in [2.24, 2.45) is 0 Å². The molecule has 0 bridgehead atoms. The summed E-state index contributed by atoms with van der Waals surface area (Å²) in [4.78, 5) is 12.0. The van der Waals surface area contributed by atoms with Gasteiger partial charge in [-0.1, -0.05) is 19.4 Å². The molecule has 0 atom stereocenters. The van der Waals surface area contributed by atoms with Crippen molar-refractivity contribution in [2.45, 2.75) is 33.1 Å². The van der Waals surface area contributed by atoms with Crippen molar-refractivity contribution in [1.29, 1.82) is 5.26 Å². The minimum absolute atomic E-state index is 0.00174. The molecule has 0 aliphatic rings. The summed E-state index contributed by atoms with van der Waals surface area (Å²) in [5, 5.41) is 14.7. The molecule has 0 heterocycles. The van der Waals surface area contributed by atoms with Gasteiger partial charge in [-0.15, -0.1) is 0 Å². The van der Waals surface area contributed by atoms with Gasteiger partial charge in [0, 0.05) is 26.0 Å². The third kappa shape index (κ3) is 7.16. The topological polar surface area (TPSA) is 100 Å². The number of nitrogen functional groups attached to an aromatic ring is 1. The van der Waals surface area contributed by atoms with Crippen LogP contribution in [0.15, 0.2) is 30.0 Å². The number of nitriles is 1. The number of carbonyl (C=O) groups is 1. The van der Waals surface area contributed by atoms with Crippen LogP contribution >= 0.6 is 0 Å². The molecular formula is C18H26N4O2. The molecule has 0 aromatic heterocycles. The Labute approximate surface area is 143 Å². The Morgan fingerprint density at radius 1 is 1.38 bits per heavy atom. The molecule has 6 nitrogen and oxygen atoms in total. The minimum atomic E-state index is -0.413. The maximum Gasteiger partial charge on any atom is 0.263 e. The van der Waals surface area contributed by atoms with E-state index >= 15 is 0 Å². The molecule has 1 aromatic rings. The van der Waals surface area contributed by atoms with Crippen molar-refractivity contribution >= 4 is 17.3 Å². The van der Waals surface area contributed by atoms with Crippen LogP contribution in [-0.2, 0) is 9.53 Å². The molecule has 24 heavy (non-hydrogen) atoms. The Hall–Kier alpha value is -2.52. The van der Waals surface area contributed by atoms with Crippen LogP contribution in [-0.4, -0.2) is 25.7 Å². The number of amides is 1. The fourth-order valence-electron chi connectivity index (χ4n) is 1.93. The smallest absolute Gasteiger partial charge is 0.263 e. The molecule has 1 aromatic carbocycles. The van der Waals surface area contributed by atoms with Gasteiger partial charge in [-0.05, 0) is 37.5 Å². The molecule has 0 aliphatic heterocycles. The fraction of sp³-hybridized carbons (Fsp3) is 0.444. The molecule has 0 aliphatic carbocycles. The van der Waals surface area contributed by atoms with E-state index < -0.39 is 5.91 Å². The maximum atomic E-state index is 12.0. The van der Waals surface area contributed by atoms with Crippen LogP contribution in [0.4, 0.5) is 11.4 Å². The van der Waals surface area contributed by atoms with Crippen LogP contribution in [0, 0.1) is 18.3 Å². The number of unbranched alkanes of at least 4 members (excludes halogenated alkanes) is 1. The maximum absolute atomic E-state index is 12.0. The normalized spacial score (nSPS) is 11.0. The Balaban J connectivity index is 2.41. The molecule has 1 rings (SSSR count). The predicted octanol–water partition coefficient (Wildman–Crippen LogP) is 2.72. The SMILES string of the molecule is CCCCOCCCNC(=O)/C(C#N)=C\Nc1ccc(C)cc1N. The van der Waals surface area contributed by atoms with Gasteiger partial charge in [-0.3, -0.25) is 4.79 Å². The Bertz CT molecular complexity index is 606. The number of hydrogen-bond acceptors (Lipinski definition) is 5. The highest BCUT2D eigenvalue weighted by atomic mass is 16.5. The van der Waals surface area contributed by atoms with Gasteiger partial charge in [-0.25, -0.2) is 0 Å². The number of anilines is 2. The molecular weight excluding hydrogens is 304 g/mol. The lowest BCUT2D eigenvalue weighted by Crippen LogP contribution is -2.26. The van der Waals surface area contributed by atoms with E-state index in [4.69, 9.17) is 15.7 Å². The summed E-state index contributed by atoms with van der Waals surface area (Å²) in [5.41, 5.74) is 8.15. The number of benzene rings is 1. The Kier molecular flexibility index (Phi) is 9.02. The number of ether oxygens (including phenoxy) is 1. The van der Waals surface area contributed by atoms with E-state index in [0.29, 0.717) is 30.9 Å². The summed E-state index contributed by atoms with van der Waals surface area (Å²) in [7, 11) is 0. The summed E-state index contributed by atoms with van der Waals surface area (Å²) >= 11 is 0. The largest absolute Gasteiger partial charge is 0.397 e. The van der Waals surface area contributed by atoms with Crippen LogP contribution in [0.5, 0.6) is 0 Å². The van der Waals surface area contributed by atoms with E-state index in [-0.39, 0.29) is 5.57 Å². The van der Waals surface area contributed by atoms with Crippen molar-refractivity contribution in [3.8, 4) is 6.07 Å². The molecule has 6 heteroatoms. The lowest BCUT2D eigenvalue weighted by atomic mass is 10.2. The van der Waals surface area contributed by atoms with Crippen LogP contribution in [0.3, 0.4) is 0 Å². The van der Waals surface area contributed by atoms with E-state index in [1.165, 1.54) is 6.20 Å². The number of nitrogens with two attached hydrogens (primary N) is 1. The number of nitrogens with one attached hydrogen (secondary N) is 2. The highest BCUT2D eigenvalue weighted by Crippen LogP contribution is 2.19. The Morgan fingerprint density at radius 3 is 2.79 bits per heavy atom. The summed E-state index contributed by atoms with van der Waals surface area (Å²) < 4.78 is 5.41. The fourth-order valence-corrected chi connectivity index (χ4v) is 1.93. The molecule has 0 radical (unpaired) electrons. The number of rotatable bonds is 10. The van der Waals surface area contributed by atoms with Gasteiger partial charge in [0.2, 0.25) is 0 Å². The molecule has 0 unspecified atom stereocenters. The van der Waals surface area contributed by atoms with Crippen LogP contribution < -0.4 is 16.4 Å². The van der Waals surface area contributed by atoms with Gasteiger partial charge < -0.3 is 21.1 Å². The Morgan fingerprint density at radius 2 is 2.12 bits per heavy atom. The van der Waals surface area contributed by atoms with Crippen LogP contribution in [0.1, 0.15) is 31.7 Å². The molecule has 0 saturated carbocycles. The van der Waals surface area contributed by atoms with Gasteiger partial charge in [-0.2, -0.15) is 5.26 Å². The van der Waals surface area contributed by atoms with E-state index in [0.717, 1.165) is 25.0 Å². The first-order valence-electron chi connectivity index (χ1n) is 8.17. The van der Waals surface area contributed by atoms with Crippen molar-refractivity contribution < 1.29 is 9.53 Å². The van der Waals surface area contributed by atoms with Crippen LogP contribution in [0.2, 0.25) is 0 Å². The van der Waals surface area contributed by atoms with E-state index in [1.807, 2.05) is 31.2 Å². The van der Waals surface area contributed by atoms with Gasteiger partial charge in [0.1, 0.15) is 11.6 Å². The third-order valence-corrected chi connectivity index (χ3v) is 3.34. The molecule has 0 spiro atoms. The zero-order valence-electron chi connectivity index (χ0n) is 14.4. The number of hydrogen-bond donors (Lipinski definition) is 3. The molecule has 0 fully saturated rings. The quantitative estimate of drug-likeness (QED) is 0.265. The van der Waals surface area contributed by atoms with Crippen molar-refractivity contribution in [2.75, 3.05) is 30.8 Å². The predicted molar refractivity (Wildman–Crippen MR) is 96.3 cm³/mol. The lowest BCUT2D eigenvalue weighted by Gasteiger charge is -2.08. The van der Waals surface area contributed by atoms with Crippen molar-refractivity contribution in [1.82, 2.24) is 5.32 Å². The summed E-state index contributed by atoms with van der Waals surface area (Å²) in [5.74, 6) is -0.413. The first kappa shape index (κ1) is 19.5. The lowest BCUT2D eigenvalue weighted by molar-refractivity contribution is -0.117. The van der Waals surface area contributed by atoms with E-state index in [1.54, 1.807) is 0 Å². The van der Waals surface area contributed by atoms with Crippen molar-refractivity contribution in [3.05, 3.63) is 35.5 Å². The van der Waals surface area contributed by atoms with Crippen molar-refractivity contribution in [3.63, 3.8) is 0 Å². The van der Waals surface area contributed by atoms with Crippen LogP contribution in [0.25, 0.3) is 0 Å². The number of aryl methyl sites for hydroxylation is 1. The average Bonchev–Trinajstić information content (AvgIpc) is 2.56. The second-order valence-corrected chi connectivity index (χ2v) is 5.48. The van der Waals surface area contributed by atoms with Gasteiger partial charge in [0.15, 0.2) is 0 Å². The summed E-state index contributed by atoms with van der Waals surface area (Å²) in [6.07, 6.45) is 4.23. The molecule has 4 N–H and O–H groups in total. The highest BCUT2D eigenvalue weighted by molar-refractivity contribution is 5.97. The van der Waals surface area contributed by atoms with E-state index in [2.05, 4.69) is 17.6 Å². The monoisotopic (exact) mass is 330 g/mol. The standard InChI is InChI=1S/C18H26N4O2/c1-3-4-9-24-10-5-8-21-18(23)15(12-19)13-22-17-7-6-14(2)11-16(17)20/h6-7,11,13,22H,3-5,8-10,20H2,1-2H3,(H,21,23)/b15-13-. The molecule has 1 amide bonds. The number of carbonyl (C=O) groups excluding carboxylic acids is 1. The average molecular weight is 330 g/mol. The van der Waals surface area contributed by atoms with Gasteiger partial charge in [0.05, 0.1) is 11.4 Å².